The van der Waals surface area contributed by atoms with Crippen molar-refractivity contribution < 1.29 is 14.6 Å². The summed E-state index contributed by atoms with van der Waals surface area (Å²) in [5, 5.41) is 9.35. The molecule has 0 saturated carbocycles. The lowest BCUT2D eigenvalue weighted by atomic mass is 10.2. The molecule has 0 amide bonds. The Morgan fingerprint density at radius 1 is 1.53 bits per heavy atom. The predicted molar refractivity (Wildman–Crippen MR) is 64.5 cm³/mol. The highest BCUT2D eigenvalue weighted by molar-refractivity contribution is 6.30. The number of nitrogens with zero attached hydrogens (tertiary/aromatic N) is 1. The Hall–Kier alpha value is -1.26. The number of ether oxygens (including phenoxy) is 1. The van der Waals surface area contributed by atoms with E-state index in [2.05, 4.69) is 4.90 Å². The summed E-state index contributed by atoms with van der Waals surface area (Å²) in [4.78, 5) is 12.6. The Balaban J connectivity index is 2.07. The van der Waals surface area contributed by atoms with Crippen molar-refractivity contribution in [3.8, 4) is 5.75 Å². The maximum atomic E-state index is 10.5. The summed E-state index contributed by atoms with van der Waals surface area (Å²) in [6.07, 6.45) is 0.149. The largest absolute Gasteiger partial charge is 0.492 e. The molecule has 1 aromatic rings. The number of carboxylic acid groups (broad SMARTS) is 1. The lowest BCUT2D eigenvalue weighted by Gasteiger charge is -2.17. The van der Waals surface area contributed by atoms with Crippen LogP contribution >= 0.6 is 11.6 Å². The first kappa shape index (κ1) is 12.2. The molecule has 1 aliphatic heterocycles. The fourth-order valence-corrected chi connectivity index (χ4v) is 2.06. The van der Waals surface area contributed by atoms with Gasteiger partial charge >= 0.3 is 5.97 Å². The molecule has 17 heavy (non-hydrogen) atoms. The first-order valence-corrected chi connectivity index (χ1v) is 5.88. The third-order valence-corrected chi connectivity index (χ3v) is 2.96. The van der Waals surface area contributed by atoms with Crippen LogP contribution in [-0.2, 0) is 11.3 Å². The summed E-state index contributed by atoms with van der Waals surface area (Å²) in [5.74, 6) is 0.0636. The minimum absolute atomic E-state index is 0.149. The van der Waals surface area contributed by atoms with Crippen LogP contribution in [0, 0.1) is 0 Å². The second kappa shape index (κ2) is 5.38. The highest BCUT2D eigenvalue weighted by Crippen LogP contribution is 2.26. The van der Waals surface area contributed by atoms with E-state index in [1.807, 2.05) is 12.1 Å². The van der Waals surface area contributed by atoms with Crippen molar-refractivity contribution in [1.82, 2.24) is 4.90 Å². The first-order valence-electron chi connectivity index (χ1n) is 5.50. The van der Waals surface area contributed by atoms with Crippen LogP contribution in [-0.4, -0.2) is 35.7 Å². The Morgan fingerprint density at radius 2 is 2.35 bits per heavy atom. The highest BCUT2D eigenvalue weighted by atomic mass is 35.5. The Labute approximate surface area is 105 Å². The van der Waals surface area contributed by atoms with Gasteiger partial charge in [-0.3, -0.25) is 9.69 Å². The van der Waals surface area contributed by atoms with E-state index in [1.54, 1.807) is 6.07 Å². The van der Waals surface area contributed by atoms with Crippen molar-refractivity contribution in [1.29, 1.82) is 0 Å². The molecule has 4 nitrogen and oxygen atoms in total. The van der Waals surface area contributed by atoms with Gasteiger partial charge in [0, 0.05) is 30.2 Å². The van der Waals surface area contributed by atoms with Gasteiger partial charge in [0.25, 0.3) is 0 Å². The minimum Gasteiger partial charge on any atom is -0.492 e. The molecule has 0 spiro atoms. The van der Waals surface area contributed by atoms with Gasteiger partial charge in [-0.2, -0.15) is 0 Å². The number of hydrogen-bond donors (Lipinski definition) is 1. The number of halogens is 1. The lowest BCUT2D eigenvalue weighted by Crippen LogP contribution is -2.28. The van der Waals surface area contributed by atoms with Crippen molar-refractivity contribution >= 4 is 17.6 Å². The number of hydrogen-bond acceptors (Lipinski definition) is 3. The number of rotatable bonds is 3. The van der Waals surface area contributed by atoms with E-state index >= 15 is 0 Å². The van der Waals surface area contributed by atoms with Gasteiger partial charge in [-0.1, -0.05) is 11.6 Å². The number of carbonyl (C=O) groups is 1. The van der Waals surface area contributed by atoms with Gasteiger partial charge in [-0.05, 0) is 18.2 Å². The van der Waals surface area contributed by atoms with Gasteiger partial charge in [0.2, 0.25) is 0 Å². The van der Waals surface area contributed by atoms with Crippen LogP contribution in [0.15, 0.2) is 18.2 Å². The molecule has 0 aliphatic carbocycles. The van der Waals surface area contributed by atoms with E-state index in [4.69, 9.17) is 21.4 Å². The molecule has 1 aliphatic rings. The van der Waals surface area contributed by atoms with Crippen molar-refractivity contribution in [3.05, 3.63) is 28.8 Å². The molecule has 1 aromatic carbocycles. The second-order valence-electron chi connectivity index (χ2n) is 4.02. The Kier molecular flexibility index (Phi) is 3.86. The number of carboxylic acids is 1. The third kappa shape index (κ3) is 3.35. The van der Waals surface area contributed by atoms with Crippen LogP contribution < -0.4 is 4.74 Å². The van der Waals surface area contributed by atoms with Gasteiger partial charge < -0.3 is 9.84 Å². The molecule has 1 N–H and O–H groups in total. The molecule has 0 saturated heterocycles. The summed E-state index contributed by atoms with van der Waals surface area (Å²) in [6, 6.07) is 5.53. The zero-order chi connectivity index (χ0) is 12.3. The number of aliphatic carboxylic acids is 1. The predicted octanol–water partition coefficient (Wildman–Crippen LogP) is 2.01. The summed E-state index contributed by atoms with van der Waals surface area (Å²) in [6.45, 7) is 2.53. The summed E-state index contributed by atoms with van der Waals surface area (Å²) < 4.78 is 5.59. The third-order valence-electron chi connectivity index (χ3n) is 2.72. The Morgan fingerprint density at radius 3 is 3.12 bits per heavy atom. The smallest absolute Gasteiger partial charge is 0.304 e. The summed E-state index contributed by atoms with van der Waals surface area (Å²) >= 11 is 5.94. The molecule has 5 heteroatoms. The van der Waals surface area contributed by atoms with Crippen LogP contribution in [0.5, 0.6) is 5.75 Å². The van der Waals surface area contributed by atoms with Crippen LogP contribution in [0.3, 0.4) is 0 Å². The van der Waals surface area contributed by atoms with E-state index in [0.29, 0.717) is 24.7 Å². The van der Waals surface area contributed by atoms with Gasteiger partial charge in [-0.15, -0.1) is 0 Å². The fourth-order valence-electron chi connectivity index (χ4n) is 1.86. The zero-order valence-electron chi connectivity index (χ0n) is 9.36. The molecule has 0 fully saturated rings. The highest BCUT2D eigenvalue weighted by Gasteiger charge is 2.16. The van der Waals surface area contributed by atoms with Gasteiger partial charge in [-0.25, -0.2) is 0 Å². The quantitative estimate of drug-likeness (QED) is 0.898. The Bertz CT molecular complexity index is 422. The molecular formula is C12H14ClNO3. The van der Waals surface area contributed by atoms with Crippen LogP contribution in [0.2, 0.25) is 5.02 Å². The molecule has 0 aromatic heterocycles. The molecule has 1 heterocycles. The van der Waals surface area contributed by atoms with Crippen molar-refractivity contribution in [2.45, 2.75) is 13.0 Å². The van der Waals surface area contributed by atoms with Gasteiger partial charge in [0.15, 0.2) is 0 Å². The van der Waals surface area contributed by atoms with E-state index < -0.39 is 5.97 Å². The maximum Gasteiger partial charge on any atom is 0.304 e. The van der Waals surface area contributed by atoms with E-state index in [1.165, 1.54) is 0 Å². The zero-order valence-corrected chi connectivity index (χ0v) is 10.1. The SMILES string of the molecule is O=C(O)CCN1CCOc2ccc(Cl)cc2C1. The van der Waals surface area contributed by atoms with Crippen LogP contribution in [0.4, 0.5) is 0 Å². The van der Waals surface area contributed by atoms with E-state index in [0.717, 1.165) is 17.9 Å². The lowest BCUT2D eigenvalue weighted by molar-refractivity contribution is -0.137. The topological polar surface area (TPSA) is 49.8 Å². The molecule has 92 valence electrons. The molecule has 2 rings (SSSR count). The summed E-state index contributed by atoms with van der Waals surface area (Å²) in [5.41, 5.74) is 1.01. The van der Waals surface area contributed by atoms with E-state index in [-0.39, 0.29) is 6.42 Å². The molecule has 0 unspecified atom stereocenters. The van der Waals surface area contributed by atoms with Gasteiger partial charge in [0.05, 0.1) is 6.42 Å². The average molecular weight is 256 g/mol. The minimum atomic E-state index is -0.776. The van der Waals surface area contributed by atoms with Crippen molar-refractivity contribution in [2.24, 2.45) is 0 Å². The number of benzene rings is 1. The van der Waals surface area contributed by atoms with Gasteiger partial charge in [0.1, 0.15) is 12.4 Å². The van der Waals surface area contributed by atoms with Crippen molar-refractivity contribution in [3.63, 3.8) is 0 Å². The average Bonchev–Trinajstić information content (AvgIpc) is 2.47. The first-order chi connectivity index (χ1) is 8.15. The molecule has 0 bridgehead atoms. The maximum absolute atomic E-state index is 10.5. The number of fused-ring (bicyclic) bond motifs is 1. The molecule has 0 radical (unpaired) electrons. The van der Waals surface area contributed by atoms with Crippen LogP contribution in [0.25, 0.3) is 0 Å². The van der Waals surface area contributed by atoms with E-state index in [9.17, 15) is 4.79 Å². The van der Waals surface area contributed by atoms with Crippen LogP contribution in [0.1, 0.15) is 12.0 Å². The van der Waals surface area contributed by atoms with Crippen molar-refractivity contribution in [2.75, 3.05) is 19.7 Å². The second-order valence-corrected chi connectivity index (χ2v) is 4.46. The monoisotopic (exact) mass is 255 g/mol. The standard InChI is InChI=1S/C12H14ClNO3/c13-10-1-2-11-9(7-10)8-14(5-6-17-11)4-3-12(15)16/h1-2,7H,3-6,8H2,(H,15,16). The summed E-state index contributed by atoms with van der Waals surface area (Å²) in [7, 11) is 0. The normalized spacial score (nSPS) is 15.8. The fraction of sp³-hybridized carbons (Fsp3) is 0.417. The molecular weight excluding hydrogens is 242 g/mol. The molecule has 0 atom stereocenters.